The highest BCUT2D eigenvalue weighted by Gasteiger charge is 2.11. The predicted molar refractivity (Wildman–Crippen MR) is 57.5 cm³/mol. The van der Waals surface area contributed by atoms with Crippen LogP contribution in [0.25, 0.3) is 11.0 Å². The Labute approximate surface area is 87.6 Å². The number of Topliss-reactive ketones (excluding diaryl/α,β-unsaturated/α-hetero) is 1. The third-order valence-electron chi connectivity index (χ3n) is 2.34. The molecule has 0 atom stereocenters. The van der Waals surface area contributed by atoms with Crippen molar-refractivity contribution >= 4 is 16.8 Å². The summed E-state index contributed by atoms with van der Waals surface area (Å²) in [5.41, 5.74) is 1.28. The van der Waals surface area contributed by atoms with Gasteiger partial charge in [0, 0.05) is 5.39 Å². The average molecular weight is 204 g/mol. The highest BCUT2D eigenvalue weighted by molar-refractivity contribution is 6.00. The van der Waals surface area contributed by atoms with Gasteiger partial charge in [0.05, 0.1) is 12.7 Å². The SMILES string of the molecule is COc1cc2cc(C)oc2cc1C(C)=O. The molecule has 0 bridgehead atoms. The quantitative estimate of drug-likeness (QED) is 0.706. The van der Waals surface area contributed by atoms with Crippen LogP contribution in [-0.4, -0.2) is 12.9 Å². The Balaban J connectivity index is 2.73. The lowest BCUT2D eigenvalue weighted by Gasteiger charge is -2.04. The molecule has 1 heterocycles. The molecule has 0 aliphatic carbocycles. The molecule has 0 aliphatic rings. The van der Waals surface area contributed by atoms with Crippen LogP contribution in [-0.2, 0) is 0 Å². The lowest BCUT2D eigenvalue weighted by Crippen LogP contribution is -1.96. The van der Waals surface area contributed by atoms with Crippen molar-refractivity contribution in [2.45, 2.75) is 13.8 Å². The number of ether oxygens (including phenoxy) is 1. The van der Waals surface area contributed by atoms with E-state index in [-0.39, 0.29) is 5.78 Å². The van der Waals surface area contributed by atoms with Gasteiger partial charge in [-0.25, -0.2) is 0 Å². The van der Waals surface area contributed by atoms with Gasteiger partial charge in [0.2, 0.25) is 0 Å². The highest BCUT2D eigenvalue weighted by atomic mass is 16.5. The fraction of sp³-hybridized carbons (Fsp3) is 0.250. The summed E-state index contributed by atoms with van der Waals surface area (Å²) in [4.78, 5) is 11.4. The number of fused-ring (bicyclic) bond motifs is 1. The number of furan rings is 1. The van der Waals surface area contributed by atoms with Gasteiger partial charge in [-0.2, -0.15) is 0 Å². The van der Waals surface area contributed by atoms with Crippen LogP contribution in [0.1, 0.15) is 23.0 Å². The third-order valence-corrected chi connectivity index (χ3v) is 2.34. The van der Waals surface area contributed by atoms with Gasteiger partial charge in [-0.15, -0.1) is 0 Å². The minimum Gasteiger partial charge on any atom is -0.496 e. The van der Waals surface area contributed by atoms with Crippen LogP contribution in [0, 0.1) is 6.92 Å². The molecule has 0 radical (unpaired) electrons. The molecule has 0 N–H and O–H groups in total. The van der Waals surface area contributed by atoms with Crippen LogP contribution in [0.4, 0.5) is 0 Å². The van der Waals surface area contributed by atoms with E-state index >= 15 is 0 Å². The fourth-order valence-corrected chi connectivity index (χ4v) is 1.64. The smallest absolute Gasteiger partial charge is 0.163 e. The summed E-state index contributed by atoms with van der Waals surface area (Å²) in [7, 11) is 1.56. The Bertz CT molecular complexity index is 523. The first-order chi connectivity index (χ1) is 7.11. The molecule has 0 amide bonds. The van der Waals surface area contributed by atoms with Crippen molar-refractivity contribution in [1.29, 1.82) is 0 Å². The summed E-state index contributed by atoms with van der Waals surface area (Å²) < 4.78 is 10.6. The second kappa shape index (κ2) is 3.42. The molecule has 0 saturated heterocycles. The first-order valence-corrected chi connectivity index (χ1v) is 4.71. The number of aryl methyl sites for hydroxylation is 1. The van der Waals surface area contributed by atoms with Crippen LogP contribution in [0.3, 0.4) is 0 Å². The van der Waals surface area contributed by atoms with Gasteiger partial charge in [-0.05, 0) is 32.0 Å². The zero-order valence-electron chi connectivity index (χ0n) is 8.96. The number of rotatable bonds is 2. The van der Waals surface area contributed by atoms with E-state index in [1.54, 1.807) is 13.2 Å². The van der Waals surface area contributed by atoms with E-state index in [1.807, 2.05) is 19.1 Å². The Kier molecular flexibility index (Phi) is 2.23. The third kappa shape index (κ3) is 1.61. The van der Waals surface area contributed by atoms with E-state index < -0.39 is 0 Å². The normalized spacial score (nSPS) is 10.6. The van der Waals surface area contributed by atoms with Crippen LogP contribution >= 0.6 is 0 Å². The maximum absolute atomic E-state index is 11.4. The Morgan fingerprint density at radius 2 is 2.07 bits per heavy atom. The molecule has 0 spiro atoms. The number of hydrogen-bond donors (Lipinski definition) is 0. The van der Waals surface area contributed by atoms with Gasteiger partial charge < -0.3 is 9.15 Å². The molecule has 0 fully saturated rings. The zero-order chi connectivity index (χ0) is 11.0. The van der Waals surface area contributed by atoms with Crippen molar-refractivity contribution in [3.05, 3.63) is 29.5 Å². The van der Waals surface area contributed by atoms with Crippen LogP contribution < -0.4 is 4.74 Å². The number of benzene rings is 1. The van der Waals surface area contributed by atoms with Gasteiger partial charge in [0.15, 0.2) is 5.78 Å². The standard InChI is InChI=1S/C12H12O3/c1-7-4-9-5-12(14-3)10(8(2)13)6-11(9)15-7/h4-6H,1-3H3. The maximum Gasteiger partial charge on any atom is 0.163 e. The van der Waals surface area contributed by atoms with E-state index in [0.29, 0.717) is 11.3 Å². The van der Waals surface area contributed by atoms with Crippen molar-refractivity contribution in [1.82, 2.24) is 0 Å². The molecule has 15 heavy (non-hydrogen) atoms. The highest BCUT2D eigenvalue weighted by Crippen LogP contribution is 2.28. The molecule has 0 aliphatic heterocycles. The number of methoxy groups -OCH3 is 1. The van der Waals surface area contributed by atoms with Crippen LogP contribution in [0.2, 0.25) is 0 Å². The molecule has 3 nitrogen and oxygen atoms in total. The number of carbonyl (C=O) groups is 1. The summed E-state index contributed by atoms with van der Waals surface area (Å²) in [6.45, 7) is 3.39. The first-order valence-electron chi connectivity index (χ1n) is 4.71. The Morgan fingerprint density at radius 3 is 2.67 bits per heavy atom. The van der Waals surface area contributed by atoms with Crippen molar-refractivity contribution in [2.75, 3.05) is 7.11 Å². The minimum atomic E-state index is -0.0252. The van der Waals surface area contributed by atoms with Gasteiger partial charge in [0.1, 0.15) is 17.1 Å². The lowest BCUT2D eigenvalue weighted by molar-refractivity contribution is 0.101. The maximum atomic E-state index is 11.4. The van der Waals surface area contributed by atoms with Gasteiger partial charge in [-0.1, -0.05) is 0 Å². The molecular weight excluding hydrogens is 192 g/mol. The van der Waals surface area contributed by atoms with Crippen molar-refractivity contribution in [3.63, 3.8) is 0 Å². The van der Waals surface area contributed by atoms with Crippen molar-refractivity contribution in [3.8, 4) is 5.75 Å². The predicted octanol–water partition coefficient (Wildman–Crippen LogP) is 2.95. The fourth-order valence-electron chi connectivity index (χ4n) is 1.64. The molecule has 1 aromatic carbocycles. The second-order valence-electron chi connectivity index (χ2n) is 3.50. The van der Waals surface area contributed by atoms with Gasteiger partial charge >= 0.3 is 0 Å². The molecule has 0 saturated carbocycles. The van der Waals surface area contributed by atoms with E-state index in [1.165, 1.54) is 6.92 Å². The first kappa shape index (κ1) is 9.77. The van der Waals surface area contributed by atoms with E-state index in [0.717, 1.165) is 16.7 Å². The zero-order valence-corrected chi connectivity index (χ0v) is 8.96. The van der Waals surface area contributed by atoms with Gasteiger partial charge in [-0.3, -0.25) is 4.79 Å². The molecule has 0 unspecified atom stereocenters. The van der Waals surface area contributed by atoms with E-state index in [9.17, 15) is 4.79 Å². The summed E-state index contributed by atoms with van der Waals surface area (Å²) >= 11 is 0. The average Bonchev–Trinajstić information content (AvgIpc) is 2.54. The van der Waals surface area contributed by atoms with Gasteiger partial charge in [0.25, 0.3) is 0 Å². The molecular formula is C12H12O3. The molecule has 2 aromatic rings. The second-order valence-corrected chi connectivity index (χ2v) is 3.50. The summed E-state index contributed by atoms with van der Waals surface area (Å²) in [5, 5.41) is 0.953. The summed E-state index contributed by atoms with van der Waals surface area (Å²) in [6, 6.07) is 5.47. The Morgan fingerprint density at radius 1 is 1.33 bits per heavy atom. The lowest BCUT2D eigenvalue weighted by atomic mass is 10.1. The number of ketones is 1. The van der Waals surface area contributed by atoms with E-state index in [2.05, 4.69) is 0 Å². The summed E-state index contributed by atoms with van der Waals surface area (Å²) in [6.07, 6.45) is 0. The van der Waals surface area contributed by atoms with Crippen molar-refractivity contribution in [2.24, 2.45) is 0 Å². The topological polar surface area (TPSA) is 39.4 Å². The Hall–Kier alpha value is -1.77. The largest absolute Gasteiger partial charge is 0.496 e. The molecule has 2 rings (SSSR count). The van der Waals surface area contributed by atoms with E-state index in [4.69, 9.17) is 9.15 Å². The summed E-state index contributed by atoms with van der Waals surface area (Å²) in [5.74, 6) is 1.39. The molecule has 3 heteroatoms. The van der Waals surface area contributed by atoms with Crippen LogP contribution in [0.15, 0.2) is 22.6 Å². The van der Waals surface area contributed by atoms with Crippen molar-refractivity contribution < 1.29 is 13.9 Å². The van der Waals surface area contributed by atoms with Crippen LogP contribution in [0.5, 0.6) is 5.75 Å². The monoisotopic (exact) mass is 204 g/mol. The molecule has 1 aromatic heterocycles. The number of carbonyl (C=O) groups excluding carboxylic acids is 1. The molecule has 78 valence electrons. The number of hydrogen-bond acceptors (Lipinski definition) is 3. The minimum absolute atomic E-state index is 0.0252.